The number of rotatable bonds is 4. The van der Waals surface area contributed by atoms with Crippen molar-refractivity contribution in [3.63, 3.8) is 0 Å². The highest BCUT2D eigenvalue weighted by molar-refractivity contribution is 9.10. The van der Waals surface area contributed by atoms with Crippen molar-refractivity contribution in [1.29, 1.82) is 5.26 Å². The number of benzene rings is 2. The highest BCUT2D eigenvalue weighted by Gasteiger charge is 2.09. The maximum atomic E-state index is 13.1. The number of aromatic hydroxyl groups is 1. The summed E-state index contributed by atoms with van der Waals surface area (Å²) in [5, 5.41) is 21.8. The summed E-state index contributed by atoms with van der Waals surface area (Å²) in [6, 6.07) is 9.34. The Morgan fingerprint density at radius 1 is 1.38 bits per heavy atom. The van der Waals surface area contributed by atoms with Crippen molar-refractivity contribution >= 4 is 21.6 Å². The van der Waals surface area contributed by atoms with Gasteiger partial charge in [-0.05, 0) is 51.8 Å². The monoisotopic (exact) mass is 350 g/mol. The molecule has 2 N–H and O–H groups in total. The minimum absolute atomic E-state index is 0.0285. The molecule has 108 valence electrons. The number of methoxy groups -OCH3 is 1. The Labute approximate surface area is 129 Å². The summed E-state index contributed by atoms with van der Waals surface area (Å²) in [6.45, 7) is 0.398. The predicted molar refractivity (Wildman–Crippen MR) is 80.8 cm³/mol. The second kappa shape index (κ2) is 6.46. The van der Waals surface area contributed by atoms with Crippen LogP contribution >= 0.6 is 15.9 Å². The number of nitrogens with zero attached hydrogens (tertiary/aromatic N) is 1. The summed E-state index contributed by atoms with van der Waals surface area (Å²) < 4.78 is 18.6. The summed E-state index contributed by atoms with van der Waals surface area (Å²) in [7, 11) is 1.46. The van der Waals surface area contributed by atoms with E-state index in [1.54, 1.807) is 12.1 Å². The molecular formula is C15H12BrFN2O2. The maximum absolute atomic E-state index is 13.1. The third-order valence-corrected chi connectivity index (χ3v) is 3.50. The van der Waals surface area contributed by atoms with Crippen molar-refractivity contribution in [1.82, 2.24) is 0 Å². The molecular weight excluding hydrogens is 339 g/mol. The molecule has 0 saturated heterocycles. The lowest BCUT2D eigenvalue weighted by atomic mass is 10.1. The average molecular weight is 351 g/mol. The van der Waals surface area contributed by atoms with Crippen molar-refractivity contribution < 1.29 is 14.2 Å². The van der Waals surface area contributed by atoms with Crippen LogP contribution in [0.1, 0.15) is 11.1 Å². The standard InChI is InChI=1S/C15H12BrFN2O2/c1-21-14-5-9(4-12(16)15(14)20)8-19-13-3-2-11(17)6-10(13)7-18/h2-6,19-20H,8H2,1H3. The van der Waals surface area contributed by atoms with Gasteiger partial charge < -0.3 is 15.2 Å². The maximum Gasteiger partial charge on any atom is 0.172 e. The molecule has 0 atom stereocenters. The molecule has 0 aliphatic carbocycles. The zero-order valence-corrected chi connectivity index (χ0v) is 12.7. The molecule has 0 radical (unpaired) electrons. The first-order valence-electron chi connectivity index (χ1n) is 6.04. The van der Waals surface area contributed by atoms with E-state index >= 15 is 0 Å². The topological polar surface area (TPSA) is 65.3 Å². The van der Waals surface area contributed by atoms with Gasteiger partial charge in [0.1, 0.15) is 11.9 Å². The molecule has 2 rings (SSSR count). The van der Waals surface area contributed by atoms with E-state index in [0.29, 0.717) is 22.5 Å². The molecule has 0 amide bonds. The molecule has 0 aliphatic heterocycles. The van der Waals surface area contributed by atoms with Crippen LogP contribution in [-0.4, -0.2) is 12.2 Å². The number of nitriles is 1. The molecule has 0 fully saturated rings. The SMILES string of the molecule is COc1cc(CNc2ccc(F)cc2C#N)cc(Br)c1O. The van der Waals surface area contributed by atoms with Gasteiger partial charge in [0.2, 0.25) is 0 Å². The first-order valence-corrected chi connectivity index (χ1v) is 6.83. The molecule has 0 aliphatic rings. The average Bonchev–Trinajstić information content (AvgIpc) is 2.48. The molecule has 0 heterocycles. The second-order valence-electron chi connectivity index (χ2n) is 4.28. The van der Waals surface area contributed by atoms with E-state index in [1.807, 2.05) is 6.07 Å². The number of nitrogens with one attached hydrogen (secondary N) is 1. The number of halogens is 2. The van der Waals surface area contributed by atoms with Crippen molar-refractivity contribution in [2.45, 2.75) is 6.54 Å². The quantitative estimate of drug-likeness (QED) is 0.880. The second-order valence-corrected chi connectivity index (χ2v) is 5.14. The molecule has 0 spiro atoms. The van der Waals surface area contributed by atoms with E-state index in [2.05, 4.69) is 21.2 Å². The normalized spacial score (nSPS) is 10.0. The van der Waals surface area contributed by atoms with Gasteiger partial charge in [-0.25, -0.2) is 4.39 Å². The van der Waals surface area contributed by atoms with Gasteiger partial charge in [0.15, 0.2) is 11.5 Å². The summed E-state index contributed by atoms with van der Waals surface area (Å²) in [5.41, 5.74) is 1.62. The molecule has 0 bridgehead atoms. The van der Waals surface area contributed by atoms with Crippen LogP contribution in [0.25, 0.3) is 0 Å². The van der Waals surface area contributed by atoms with Gasteiger partial charge in [0.25, 0.3) is 0 Å². The Balaban J connectivity index is 2.21. The molecule has 0 unspecified atom stereocenters. The summed E-state index contributed by atoms with van der Waals surface area (Å²) in [6.07, 6.45) is 0. The first-order chi connectivity index (χ1) is 10.0. The molecule has 0 aromatic heterocycles. The largest absolute Gasteiger partial charge is 0.503 e. The Bertz CT molecular complexity index is 714. The van der Waals surface area contributed by atoms with E-state index in [1.165, 1.54) is 25.3 Å². The number of phenolic OH excluding ortho intramolecular Hbond substituents is 1. The van der Waals surface area contributed by atoms with E-state index < -0.39 is 5.82 Å². The zero-order valence-electron chi connectivity index (χ0n) is 11.2. The molecule has 2 aromatic rings. The van der Waals surface area contributed by atoms with Crippen LogP contribution < -0.4 is 10.1 Å². The fourth-order valence-corrected chi connectivity index (χ4v) is 2.33. The van der Waals surface area contributed by atoms with Crippen molar-refractivity contribution in [2.75, 3.05) is 12.4 Å². The Morgan fingerprint density at radius 3 is 2.81 bits per heavy atom. The van der Waals surface area contributed by atoms with Crippen molar-refractivity contribution in [2.24, 2.45) is 0 Å². The highest BCUT2D eigenvalue weighted by atomic mass is 79.9. The number of phenols is 1. The Hall–Kier alpha value is -2.26. The van der Waals surface area contributed by atoms with E-state index in [4.69, 9.17) is 10.00 Å². The molecule has 0 saturated carbocycles. The number of ether oxygens (including phenoxy) is 1. The molecule has 21 heavy (non-hydrogen) atoms. The van der Waals surface area contributed by atoms with Gasteiger partial charge in [0.05, 0.1) is 22.8 Å². The van der Waals surface area contributed by atoms with Gasteiger partial charge >= 0.3 is 0 Å². The van der Waals surface area contributed by atoms with E-state index in [0.717, 1.165) is 5.56 Å². The first kappa shape index (κ1) is 15.1. The van der Waals surface area contributed by atoms with Crippen molar-refractivity contribution in [3.05, 3.63) is 51.7 Å². The third-order valence-electron chi connectivity index (χ3n) is 2.89. The van der Waals surface area contributed by atoms with Gasteiger partial charge in [-0.2, -0.15) is 5.26 Å². The summed E-state index contributed by atoms with van der Waals surface area (Å²) in [5.74, 6) is -0.0762. The van der Waals surface area contributed by atoms with Crippen LogP contribution in [0.4, 0.5) is 10.1 Å². The summed E-state index contributed by atoms with van der Waals surface area (Å²) in [4.78, 5) is 0. The van der Waals surface area contributed by atoms with Crippen LogP contribution in [0, 0.1) is 17.1 Å². The number of hydrogen-bond donors (Lipinski definition) is 2. The van der Waals surface area contributed by atoms with Crippen LogP contribution in [-0.2, 0) is 6.54 Å². The lowest BCUT2D eigenvalue weighted by Gasteiger charge is -2.11. The predicted octanol–water partition coefficient (Wildman–Crippen LogP) is 3.79. The lowest BCUT2D eigenvalue weighted by molar-refractivity contribution is 0.371. The molecule has 2 aromatic carbocycles. The summed E-state index contributed by atoms with van der Waals surface area (Å²) >= 11 is 3.24. The van der Waals surface area contributed by atoms with Crippen LogP contribution in [0.5, 0.6) is 11.5 Å². The Morgan fingerprint density at radius 2 is 2.14 bits per heavy atom. The molecule has 4 nitrogen and oxygen atoms in total. The smallest absolute Gasteiger partial charge is 0.172 e. The van der Waals surface area contributed by atoms with Crippen LogP contribution in [0.2, 0.25) is 0 Å². The number of anilines is 1. The number of hydrogen-bond acceptors (Lipinski definition) is 4. The fourth-order valence-electron chi connectivity index (χ4n) is 1.85. The van der Waals surface area contributed by atoms with Gasteiger partial charge in [0, 0.05) is 6.54 Å². The van der Waals surface area contributed by atoms with Gasteiger partial charge in [-0.15, -0.1) is 0 Å². The Kier molecular flexibility index (Phi) is 4.66. The van der Waals surface area contributed by atoms with E-state index in [-0.39, 0.29) is 11.3 Å². The lowest BCUT2D eigenvalue weighted by Crippen LogP contribution is -2.02. The van der Waals surface area contributed by atoms with Crippen LogP contribution in [0.3, 0.4) is 0 Å². The van der Waals surface area contributed by atoms with Crippen molar-refractivity contribution in [3.8, 4) is 17.6 Å². The van der Waals surface area contributed by atoms with Gasteiger partial charge in [-0.3, -0.25) is 0 Å². The van der Waals surface area contributed by atoms with Crippen LogP contribution in [0.15, 0.2) is 34.8 Å². The minimum Gasteiger partial charge on any atom is -0.503 e. The zero-order chi connectivity index (χ0) is 15.4. The fraction of sp³-hybridized carbons (Fsp3) is 0.133. The van der Waals surface area contributed by atoms with Gasteiger partial charge in [-0.1, -0.05) is 0 Å². The minimum atomic E-state index is -0.453. The third kappa shape index (κ3) is 3.44. The molecule has 6 heteroatoms. The van der Waals surface area contributed by atoms with E-state index in [9.17, 15) is 9.50 Å². The highest BCUT2D eigenvalue weighted by Crippen LogP contribution is 2.35.